The summed E-state index contributed by atoms with van der Waals surface area (Å²) < 4.78 is 0. The maximum Gasteiger partial charge on any atom is 0.192 e. The van der Waals surface area contributed by atoms with Gasteiger partial charge in [0, 0.05) is 23.3 Å². The van der Waals surface area contributed by atoms with E-state index in [1.165, 1.54) is 11.8 Å². The zero-order chi connectivity index (χ0) is 13.1. The SMILES string of the molecule is Cc1cnc(Sc2ccc([C@H](C)N)cc2Cl)nc1. The standard InChI is InChI=1S/C13H14ClN3S/c1-8-6-16-13(17-7-8)18-12-4-3-10(9(2)15)5-11(12)14/h3-7,9H,15H2,1-2H3/t9-/m0/s1. The number of nitrogens with zero attached hydrogens (tertiary/aromatic N) is 2. The summed E-state index contributed by atoms with van der Waals surface area (Å²) in [5.74, 6) is 0. The predicted molar refractivity (Wildman–Crippen MR) is 74.9 cm³/mol. The fraction of sp³-hybridized carbons (Fsp3) is 0.231. The highest BCUT2D eigenvalue weighted by Crippen LogP contribution is 2.32. The lowest BCUT2D eigenvalue weighted by Crippen LogP contribution is -2.04. The van der Waals surface area contributed by atoms with Crippen molar-refractivity contribution >= 4 is 23.4 Å². The van der Waals surface area contributed by atoms with Gasteiger partial charge < -0.3 is 5.73 Å². The fourth-order valence-electron chi connectivity index (χ4n) is 1.41. The van der Waals surface area contributed by atoms with E-state index in [-0.39, 0.29) is 6.04 Å². The van der Waals surface area contributed by atoms with Gasteiger partial charge in [-0.25, -0.2) is 9.97 Å². The maximum absolute atomic E-state index is 6.22. The van der Waals surface area contributed by atoms with E-state index in [4.69, 9.17) is 17.3 Å². The van der Waals surface area contributed by atoms with Crippen molar-refractivity contribution in [2.75, 3.05) is 0 Å². The summed E-state index contributed by atoms with van der Waals surface area (Å²) in [6.07, 6.45) is 3.58. The van der Waals surface area contributed by atoms with Crippen LogP contribution in [0.4, 0.5) is 0 Å². The van der Waals surface area contributed by atoms with E-state index in [0.717, 1.165) is 16.0 Å². The Morgan fingerprint density at radius 2 is 1.94 bits per heavy atom. The van der Waals surface area contributed by atoms with Gasteiger partial charge in [-0.2, -0.15) is 0 Å². The topological polar surface area (TPSA) is 51.8 Å². The van der Waals surface area contributed by atoms with Crippen LogP contribution in [0, 0.1) is 6.92 Å². The molecule has 0 bridgehead atoms. The smallest absolute Gasteiger partial charge is 0.192 e. The van der Waals surface area contributed by atoms with E-state index in [2.05, 4.69) is 9.97 Å². The molecule has 2 aromatic rings. The van der Waals surface area contributed by atoms with Crippen LogP contribution in [0.15, 0.2) is 40.6 Å². The van der Waals surface area contributed by atoms with Gasteiger partial charge in [0.15, 0.2) is 5.16 Å². The monoisotopic (exact) mass is 279 g/mol. The second kappa shape index (κ2) is 5.69. The number of aryl methyl sites for hydroxylation is 1. The molecule has 1 aromatic heterocycles. The molecule has 2 rings (SSSR count). The Labute approximate surface area is 116 Å². The molecule has 0 spiro atoms. The van der Waals surface area contributed by atoms with Gasteiger partial charge in [0.1, 0.15) is 0 Å². The third kappa shape index (κ3) is 3.22. The van der Waals surface area contributed by atoms with Crippen LogP contribution in [-0.4, -0.2) is 9.97 Å². The van der Waals surface area contributed by atoms with Gasteiger partial charge in [-0.3, -0.25) is 0 Å². The van der Waals surface area contributed by atoms with Crippen LogP contribution < -0.4 is 5.73 Å². The van der Waals surface area contributed by atoms with Crippen LogP contribution in [0.5, 0.6) is 0 Å². The summed E-state index contributed by atoms with van der Waals surface area (Å²) in [6, 6.07) is 5.81. The lowest BCUT2D eigenvalue weighted by Gasteiger charge is -2.08. The third-order valence-electron chi connectivity index (χ3n) is 2.44. The normalized spacial score (nSPS) is 12.4. The first-order valence-electron chi connectivity index (χ1n) is 5.58. The van der Waals surface area contributed by atoms with E-state index < -0.39 is 0 Å². The predicted octanol–water partition coefficient (Wildman–Crippen LogP) is 3.61. The van der Waals surface area contributed by atoms with Crippen molar-refractivity contribution in [2.45, 2.75) is 29.9 Å². The van der Waals surface area contributed by atoms with Crippen molar-refractivity contribution in [3.63, 3.8) is 0 Å². The molecule has 0 saturated carbocycles. The molecule has 0 aliphatic carbocycles. The molecule has 1 heterocycles. The van der Waals surface area contributed by atoms with Crippen LogP contribution in [0.2, 0.25) is 5.02 Å². The van der Waals surface area contributed by atoms with Crippen molar-refractivity contribution in [1.29, 1.82) is 0 Å². The quantitative estimate of drug-likeness (QED) is 0.872. The zero-order valence-electron chi connectivity index (χ0n) is 10.2. The van der Waals surface area contributed by atoms with Crippen LogP contribution >= 0.6 is 23.4 Å². The van der Waals surface area contributed by atoms with E-state index in [9.17, 15) is 0 Å². The van der Waals surface area contributed by atoms with Gasteiger partial charge in [0.2, 0.25) is 0 Å². The van der Waals surface area contributed by atoms with Gasteiger partial charge in [0.05, 0.1) is 5.02 Å². The van der Waals surface area contributed by atoms with Crippen molar-refractivity contribution in [3.8, 4) is 0 Å². The second-order valence-corrected chi connectivity index (χ2v) is 5.54. The van der Waals surface area contributed by atoms with Gasteiger partial charge >= 0.3 is 0 Å². The number of rotatable bonds is 3. The molecule has 1 aromatic carbocycles. The Morgan fingerprint density at radius 1 is 1.28 bits per heavy atom. The van der Waals surface area contributed by atoms with Crippen molar-refractivity contribution < 1.29 is 0 Å². The highest BCUT2D eigenvalue weighted by Gasteiger charge is 2.07. The van der Waals surface area contributed by atoms with Gasteiger partial charge in [-0.1, -0.05) is 17.7 Å². The van der Waals surface area contributed by atoms with Crippen LogP contribution in [-0.2, 0) is 0 Å². The number of hydrogen-bond acceptors (Lipinski definition) is 4. The first-order valence-corrected chi connectivity index (χ1v) is 6.77. The highest BCUT2D eigenvalue weighted by molar-refractivity contribution is 7.99. The summed E-state index contributed by atoms with van der Waals surface area (Å²) in [4.78, 5) is 9.42. The molecule has 94 valence electrons. The summed E-state index contributed by atoms with van der Waals surface area (Å²) in [7, 11) is 0. The number of halogens is 1. The maximum atomic E-state index is 6.22. The summed E-state index contributed by atoms with van der Waals surface area (Å²) in [6.45, 7) is 3.89. The van der Waals surface area contributed by atoms with Crippen molar-refractivity contribution in [3.05, 3.63) is 46.7 Å². The number of benzene rings is 1. The minimum absolute atomic E-state index is 0.0165. The number of aromatic nitrogens is 2. The minimum atomic E-state index is -0.0165. The molecule has 0 amide bonds. The molecular weight excluding hydrogens is 266 g/mol. The molecule has 18 heavy (non-hydrogen) atoms. The second-order valence-electron chi connectivity index (χ2n) is 4.12. The molecule has 0 fully saturated rings. The minimum Gasteiger partial charge on any atom is -0.324 e. The molecule has 0 aliphatic heterocycles. The van der Waals surface area contributed by atoms with Gasteiger partial charge in [0.25, 0.3) is 0 Å². The van der Waals surface area contributed by atoms with E-state index in [1.807, 2.05) is 32.0 Å². The zero-order valence-corrected chi connectivity index (χ0v) is 11.8. The average molecular weight is 280 g/mol. The fourth-order valence-corrected chi connectivity index (χ4v) is 2.42. The van der Waals surface area contributed by atoms with E-state index >= 15 is 0 Å². The van der Waals surface area contributed by atoms with Crippen molar-refractivity contribution in [2.24, 2.45) is 5.73 Å². The molecule has 2 N–H and O–H groups in total. The molecule has 0 unspecified atom stereocenters. The van der Waals surface area contributed by atoms with Crippen molar-refractivity contribution in [1.82, 2.24) is 9.97 Å². The van der Waals surface area contributed by atoms with Crippen LogP contribution in [0.1, 0.15) is 24.1 Å². The number of nitrogens with two attached hydrogens (primary N) is 1. The lowest BCUT2D eigenvalue weighted by atomic mass is 10.1. The summed E-state index contributed by atoms with van der Waals surface area (Å²) >= 11 is 7.67. The van der Waals surface area contributed by atoms with Crippen LogP contribution in [0.3, 0.4) is 0 Å². The first-order chi connectivity index (χ1) is 8.56. The Kier molecular flexibility index (Phi) is 4.22. The third-order valence-corrected chi connectivity index (χ3v) is 3.83. The summed E-state index contributed by atoms with van der Waals surface area (Å²) in [5.41, 5.74) is 7.87. The Morgan fingerprint density at radius 3 is 2.50 bits per heavy atom. The lowest BCUT2D eigenvalue weighted by molar-refractivity contribution is 0.817. The Hall–Kier alpha value is -1.10. The molecule has 1 atom stereocenters. The Balaban J connectivity index is 2.22. The van der Waals surface area contributed by atoms with Gasteiger partial charge in [-0.15, -0.1) is 0 Å². The molecule has 0 radical (unpaired) electrons. The average Bonchev–Trinajstić information content (AvgIpc) is 2.34. The number of hydrogen-bond donors (Lipinski definition) is 1. The molecule has 0 saturated heterocycles. The van der Waals surface area contributed by atoms with E-state index in [0.29, 0.717) is 10.2 Å². The van der Waals surface area contributed by atoms with E-state index in [1.54, 1.807) is 12.4 Å². The van der Waals surface area contributed by atoms with Crippen LogP contribution in [0.25, 0.3) is 0 Å². The molecule has 5 heteroatoms. The molecular formula is C13H14ClN3S. The van der Waals surface area contributed by atoms with Gasteiger partial charge in [-0.05, 0) is 48.9 Å². The molecule has 3 nitrogen and oxygen atoms in total. The highest BCUT2D eigenvalue weighted by atomic mass is 35.5. The Bertz CT molecular complexity index is 540. The largest absolute Gasteiger partial charge is 0.324 e. The molecule has 0 aliphatic rings. The first kappa shape index (κ1) is 13.3. The summed E-state index contributed by atoms with van der Waals surface area (Å²) in [5, 5.41) is 1.37.